The van der Waals surface area contributed by atoms with Crippen molar-refractivity contribution >= 4 is 17.3 Å². The Balaban J connectivity index is 1.54. The first-order valence-corrected chi connectivity index (χ1v) is 9.34. The summed E-state index contributed by atoms with van der Waals surface area (Å²) in [5.74, 6) is 0.0375. The fraction of sp³-hybridized carbons (Fsp3) is 0.381. The fourth-order valence-corrected chi connectivity index (χ4v) is 3.24. The highest BCUT2D eigenvalue weighted by molar-refractivity contribution is 5.86. The third-order valence-electron chi connectivity index (χ3n) is 4.85. The van der Waals surface area contributed by atoms with Crippen molar-refractivity contribution in [1.29, 1.82) is 0 Å². The van der Waals surface area contributed by atoms with Crippen molar-refractivity contribution in [3.63, 3.8) is 0 Å². The van der Waals surface area contributed by atoms with Gasteiger partial charge in [-0.15, -0.1) is 0 Å². The van der Waals surface area contributed by atoms with E-state index >= 15 is 0 Å². The number of anilines is 2. The molecule has 4 rings (SSSR count). The molecule has 2 fully saturated rings. The van der Waals surface area contributed by atoms with Gasteiger partial charge in [-0.2, -0.15) is 0 Å². The largest absolute Gasteiger partial charge is 0.378 e. The number of hydrogen-bond donors (Lipinski definition) is 2. The molecule has 1 saturated carbocycles. The van der Waals surface area contributed by atoms with E-state index in [9.17, 15) is 4.79 Å². The Morgan fingerprint density at radius 3 is 2.54 bits per heavy atom. The van der Waals surface area contributed by atoms with E-state index in [1.54, 1.807) is 0 Å². The highest BCUT2D eigenvalue weighted by Crippen LogP contribution is 2.26. The SMILES string of the molecule is O=C(NC1CC1)[C@H](Nc1cccc(N2CCOCC2)c1)c1ccccc1. The van der Waals surface area contributed by atoms with Crippen LogP contribution in [0.25, 0.3) is 0 Å². The summed E-state index contributed by atoms with van der Waals surface area (Å²) in [6.07, 6.45) is 2.17. The Morgan fingerprint density at radius 1 is 1.04 bits per heavy atom. The predicted molar refractivity (Wildman–Crippen MR) is 103 cm³/mol. The summed E-state index contributed by atoms with van der Waals surface area (Å²) in [4.78, 5) is 15.1. The Bertz CT molecular complexity index is 740. The lowest BCUT2D eigenvalue weighted by Crippen LogP contribution is -2.36. The molecule has 1 heterocycles. The van der Waals surface area contributed by atoms with E-state index < -0.39 is 6.04 Å². The van der Waals surface area contributed by atoms with Crippen molar-refractivity contribution in [1.82, 2.24) is 5.32 Å². The fourth-order valence-electron chi connectivity index (χ4n) is 3.24. The van der Waals surface area contributed by atoms with Gasteiger partial charge in [0.25, 0.3) is 0 Å². The lowest BCUT2D eigenvalue weighted by molar-refractivity contribution is -0.122. The number of nitrogens with zero attached hydrogens (tertiary/aromatic N) is 1. The van der Waals surface area contributed by atoms with Crippen LogP contribution in [0.15, 0.2) is 54.6 Å². The summed E-state index contributed by atoms with van der Waals surface area (Å²) in [5, 5.41) is 6.56. The molecule has 2 N–H and O–H groups in total. The van der Waals surface area contributed by atoms with E-state index in [0.29, 0.717) is 6.04 Å². The molecule has 0 aromatic heterocycles. The van der Waals surface area contributed by atoms with Crippen LogP contribution in [0.2, 0.25) is 0 Å². The highest BCUT2D eigenvalue weighted by Gasteiger charge is 2.28. The molecular weight excluding hydrogens is 326 g/mol. The zero-order valence-electron chi connectivity index (χ0n) is 14.9. The van der Waals surface area contributed by atoms with E-state index in [0.717, 1.165) is 56.1 Å². The van der Waals surface area contributed by atoms with Crippen molar-refractivity contribution in [2.24, 2.45) is 0 Å². The zero-order chi connectivity index (χ0) is 17.8. The zero-order valence-corrected chi connectivity index (χ0v) is 14.9. The quantitative estimate of drug-likeness (QED) is 0.840. The summed E-state index contributed by atoms with van der Waals surface area (Å²) in [7, 11) is 0. The molecule has 5 heteroatoms. The van der Waals surface area contributed by atoms with Gasteiger partial charge in [0.1, 0.15) is 6.04 Å². The maximum atomic E-state index is 12.8. The van der Waals surface area contributed by atoms with Crippen molar-refractivity contribution in [2.75, 3.05) is 36.5 Å². The Hall–Kier alpha value is -2.53. The van der Waals surface area contributed by atoms with Gasteiger partial charge in [0.15, 0.2) is 0 Å². The van der Waals surface area contributed by atoms with Gasteiger partial charge in [-0.1, -0.05) is 36.4 Å². The van der Waals surface area contributed by atoms with E-state index in [1.165, 1.54) is 0 Å². The first kappa shape index (κ1) is 16.9. The maximum absolute atomic E-state index is 12.8. The summed E-state index contributed by atoms with van der Waals surface area (Å²) >= 11 is 0. The van der Waals surface area contributed by atoms with Crippen LogP contribution >= 0.6 is 0 Å². The minimum atomic E-state index is -0.392. The monoisotopic (exact) mass is 351 g/mol. The summed E-state index contributed by atoms with van der Waals surface area (Å²) < 4.78 is 5.44. The molecule has 0 radical (unpaired) electrons. The van der Waals surface area contributed by atoms with Gasteiger partial charge in [-0.05, 0) is 36.6 Å². The van der Waals surface area contributed by atoms with Crippen LogP contribution in [0.3, 0.4) is 0 Å². The molecule has 0 unspecified atom stereocenters. The van der Waals surface area contributed by atoms with Gasteiger partial charge >= 0.3 is 0 Å². The third-order valence-corrected chi connectivity index (χ3v) is 4.85. The van der Waals surface area contributed by atoms with E-state index in [2.05, 4.69) is 27.7 Å². The predicted octanol–water partition coefficient (Wildman–Crippen LogP) is 2.96. The number of rotatable bonds is 6. The number of carbonyl (C=O) groups excluding carboxylic acids is 1. The van der Waals surface area contributed by atoms with Crippen molar-refractivity contribution in [3.05, 3.63) is 60.2 Å². The molecule has 136 valence electrons. The maximum Gasteiger partial charge on any atom is 0.247 e. The van der Waals surface area contributed by atoms with Crippen LogP contribution in [-0.4, -0.2) is 38.3 Å². The molecule has 2 aliphatic rings. The summed E-state index contributed by atoms with van der Waals surface area (Å²) in [5.41, 5.74) is 3.09. The highest BCUT2D eigenvalue weighted by atomic mass is 16.5. The minimum absolute atomic E-state index is 0.0375. The molecule has 0 spiro atoms. The van der Waals surface area contributed by atoms with Crippen LogP contribution in [0, 0.1) is 0 Å². The second-order valence-corrected chi connectivity index (χ2v) is 6.92. The van der Waals surface area contributed by atoms with Crippen LogP contribution in [-0.2, 0) is 9.53 Å². The number of ether oxygens (including phenoxy) is 1. The minimum Gasteiger partial charge on any atom is -0.378 e. The van der Waals surface area contributed by atoms with Crippen molar-refractivity contribution in [2.45, 2.75) is 24.9 Å². The molecule has 1 amide bonds. The van der Waals surface area contributed by atoms with E-state index in [4.69, 9.17) is 4.74 Å². The van der Waals surface area contributed by atoms with Crippen LogP contribution in [0.5, 0.6) is 0 Å². The normalized spacial score (nSPS) is 18.2. The molecule has 1 atom stereocenters. The number of carbonyl (C=O) groups is 1. The van der Waals surface area contributed by atoms with Gasteiger partial charge in [0, 0.05) is 30.5 Å². The first-order chi connectivity index (χ1) is 12.8. The van der Waals surface area contributed by atoms with E-state index in [-0.39, 0.29) is 5.91 Å². The topological polar surface area (TPSA) is 53.6 Å². The Labute approximate surface area is 154 Å². The van der Waals surface area contributed by atoms with Gasteiger partial charge in [0.05, 0.1) is 13.2 Å². The standard InChI is InChI=1S/C21H25N3O2/c25-21(23-17-9-10-17)20(16-5-2-1-3-6-16)22-18-7-4-8-19(15-18)24-11-13-26-14-12-24/h1-8,15,17,20,22H,9-14H2,(H,23,25)/t20-/m1/s1. The molecule has 5 nitrogen and oxygen atoms in total. The third kappa shape index (κ3) is 4.17. The number of hydrogen-bond acceptors (Lipinski definition) is 4. The lowest BCUT2D eigenvalue weighted by atomic mass is 10.1. The summed E-state index contributed by atoms with van der Waals surface area (Å²) in [6, 6.07) is 18.1. The van der Waals surface area contributed by atoms with Gasteiger partial charge in [-0.3, -0.25) is 4.79 Å². The number of morpholine rings is 1. The average molecular weight is 351 g/mol. The van der Waals surface area contributed by atoms with Crippen LogP contribution in [0.4, 0.5) is 11.4 Å². The van der Waals surface area contributed by atoms with Crippen molar-refractivity contribution in [3.8, 4) is 0 Å². The van der Waals surface area contributed by atoms with E-state index in [1.807, 2.05) is 42.5 Å². The van der Waals surface area contributed by atoms with Gasteiger partial charge in [0.2, 0.25) is 5.91 Å². The molecule has 26 heavy (non-hydrogen) atoms. The Kier molecular flexibility index (Phi) is 5.07. The molecule has 1 aliphatic heterocycles. The Morgan fingerprint density at radius 2 is 1.81 bits per heavy atom. The first-order valence-electron chi connectivity index (χ1n) is 9.34. The number of amides is 1. The second kappa shape index (κ2) is 7.79. The number of nitrogens with one attached hydrogen (secondary N) is 2. The summed E-state index contributed by atoms with van der Waals surface area (Å²) in [6.45, 7) is 3.31. The molecule has 1 saturated heterocycles. The molecule has 2 aromatic rings. The molecular formula is C21H25N3O2. The lowest BCUT2D eigenvalue weighted by Gasteiger charge is -2.29. The van der Waals surface area contributed by atoms with Gasteiger partial charge in [-0.25, -0.2) is 0 Å². The molecule has 1 aliphatic carbocycles. The van der Waals surface area contributed by atoms with Crippen molar-refractivity contribution < 1.29 is 9.53 Å². The average Bonchev–Trinajstić information content (AvgIpc) is 3.51. The second-order valence-electron chi connectivity index (χ2n) is 6.92. The molecule has 0 bridgehead atoms. The van der Waals surface area contributed by atoms with Crippen LogP contribution in [0.1, 0.15) is 24.4 Å². The number of benzene rings is 2. The van der Waals surface area contributed by atoms with Crippen LogP contribution < -0.4 is 15.5 Å². The smallest absolute Gasteiger partial charge is 0.247 e. The van der Waals surface area contributed by atoms with Gasteiger partial charge < -0.3 is 20.3 Å². The molecule has 2 aromatic carbocycles.